The summed E-state index contributed by atoms with van der Waals surface area (Å²) in [6.45, 7) is 0.666. The Morgan fingerprint density at radius 3 is 3.18 bits per heavy atom. The van der Waals surface area contributed by atoms with Crippen LogP contribution in [0.1, 0.15) is 30.0 Å². The third-order valence-corrected chi connectivity index (χ3v) is 2.99. The van der Waals surface area contributed by atoms with Crippen LogP contribution in [0.3, 0.4) is 0 Å². The van der Waals surface area contributed by atoms with E-state index in [2.05, 4.69) is 22.1 Å². The zero-order chi connectivity index (χ0) is 11.5. The molecule has 3 rings (SSSR count). The number of H-pyrrole nitrogens is 1. The molecule has 0 spiro atoms. The molecule has 1 aliphatic rings. The minimum atomic E-state index is 0.666. The van der Waals surface area contributed by atoms with E-state index < -0.39 is 0 Å². The van der Waals surface area contributed by atoms with Crippen LogP contribution in [0.2, 0.25) is 0 Å². The van der Waals surface area contributed by atoms with E-state index in [0.29, 0.717) is 6.61 Å². The van der Waals surface area contributed by atoms with E-state index in [1.54, 1.807) is 6.33 Å². The molecule has 0 amide bonds. The molecule has 1 N–H and O–H groups in total. The Hall–Kier alpha value is -1.77. The molecule has 1 aromatic carbocycles. The lowest BCUT2D eigenvalue weighted by atomic mass is 10.1. The Kier molecular flexibility index (Phi) is 2.82. The van der Waals surface area contributed by atoms with E-state index in [1.165, 1.54) is 18.4 Å². The van der Waals surface area contributed by atoms with Gasteiger partial charge in [-0.2, -0.15) is 0 Å². The molecule has 2 aromatic rings. The van der Waals surface area contributed by atoms with Crippen molar-refractivity contribution in [3.05, 3.63) is 48.0 Å². The lowest BCUT2D eigenvalue weighted by Gasteiger charge is -2.06. The summed E-state index contributed by atoms with van der Waals surface area (Å²) in [7, 11) is 0. The first-order chi connectivity index (χ1) is 8.42. The summed E-state index contributed by atoms with van der Waals surface area (Å²) >= 11 is 0. The average Bonchev–Trinajstić information content (AvgIpc) is 3.09. The Labute approximate surface area is 101 Å². The third kappa shape index (κ3) is 2.67. The van der Waals surface area contributed by atoms with Gasteiger partial charge >= 0.3 is 0 Å². The summed E-state index contributed by atoms with van der Waals surface area (Å²) in [4.78, 5) is 7.10. The van der Waals surface area contributed by atoms with Crippen molar-refractivity contribution in [1.29, 1.82) is 0 Å². The molecule has 1 radical (unpaired) electrons. The zero-order valence-corrected chi connectivity index (χ0v) is 9.65. The summed E-state index contributed by atoms with van der Waals surface area (Å²) in [5.41, 5.74) is 2.33. The summed E-state index contributed by atoms with van der Waals surface area (Å²) in [5.74, 6) is 1.67. The number of nitrogens with zero attached hydrogens (tertiary/aromatic N) is 1. The molecule has 1 aliphatic carbocycles. The maximum Gasteiger partial charge on any atom is 0.119 e. The molecule has 1 saturated carbocycles. The van der Waals surface area contributed by atoms with Gasteiger partial charge in [-0.25, -0.2) is 4.98 Å². The topological polar surface area (TPSA) is 37.9 Å². The first-order valence-corrected chi connectivity index (χ1v) is 6.04. The average molecular weight is 227 g/mol. The first kappa shape index (κ1) is 10.4. The molecule has 0 aliphatic heterocycles. The number of aromatic amines is 1. The van der Waals surface area contributed by atoms with Crippen molar-refractivity contribution in [1.82, 2.24) is 9.97 Å². The van der Waals surface area contributed by atoms with E-state index in [9.17, 15) is 0 Å². The van der Waals surface area contributed by atoms with Crippen LogP contribution < -0.4 is 4.74 Å². The second-order valence-corrected chi connectivity index (χ2v) is 4.41. The Morgan fingerprint density at radius 2 is 2.41 bits per heavy atom. The summed E-state index contributed by atoms with van der Waals surface area (Å²) in [6.07, 6.45) is 7.02. The van der Waals surface area contributed by atoms with Crippen LogP contribution in [0.15, 0.2) is 30.7 Å². The van der Waals surface area contributed by atoms with Gasteiger partial charge in [0, 0.05) is 12.6 Å². The molecule has 0 unspecified atom stereocenters. The standard InChI is InChI=1S/C14H15N2O/c1-2-12(11-4-5-11)8-14(3-1)17-7-6-13-9-15-10-16-13/h1,3,8-11H,4-7H2,(H,15,16). The SMILES string of the molecule is [c]1ccc(OCCc2c[nH]cn2)cc1C1CC1. The van der Waals surface area contributed by atoms with Crippen molar-refractivity contribution >= 4 is 0 Å². The number of rotatable bonds is 5. The fourth-order valence-electron chi connectivity index (χ4n) is 1.88. The maximum absolute atomic E-state index is 5.72. The minimum Gasteiger partial charge on any atom is -0.493 e. The van der Waals surface area contributed by atoms with Gasteiger partial charge in [0.15, 0.2) is 0 Å². The fraction of sp³-hybridized carbons (Fsp3) is 0.357. The van der Waals surface area contributed by atoms with E-state index >= 15 is 0 Å². The predicted octanol–water partition coefficient (Wildman–Crippen LogP) is 2.71. The van der Waals surface area contributed by atoms with Crippen molar-refractivity contribution in [3.63, 3.8) is 0 Å². The van der Waals surface area contributed by atoms with Gasteiger partial charge in [-0.3, -0.25) is 0 Å². The van der Waals surface area contributed by atoms with Gasteiger partial charge in [0.05, 0.1) is 18.6 Å². The van der Waals surface area contributed by atoms with Crippen LogP contribution in [0.5, 0.6) is 5.75 Å². The number of nitrogens with one attached hydrogen (secondary N) is 1. The lowest BCUT2D eigenvalue weighted by Crippen LogP contribution is -2.01. The van der Waals surface area contributed by atoms with Crippen LogP contribution in [0.4, 0.5) is 0 Å². The Balaban J connectivity index is 1.55. The summed E-state index contributed by atoms with van der Waals surface area (Å²) < 4.78 is 5.72. The lowest BCUT2D eigenvalue weighted by molar-refractivity contribution is 0.320. The van der Waals surface area contributed by atoms with Crippen LogP contribution in [0.25, 0.3) is 0 Å². The van der Waals surface area contributed by atoms with E-state index in [-0.39, 0.29) is 0 Å². The second-order valence-electron chi connectivity index (χ2n) is 4.41. The van der Waals surface area contributed by atoms with Crippen molar-refractivity contribution in [2.24, 2.45) is 0 Å². The number of aromatic nitrogens is 2. The molecule has 1 aromatic heterocycles. The van der Waals surface area contributed by atoms with Crippen molar-refractivity contribution < 1.29 is 4.74 Å². The van der Waals surface area contributed by atoms with E-state index in [4.69, 9.17) is 4.74 Å². The van der Waals surface area contributed by atoms with Gasteiger partial charge in [-0.15, -0.1) is 0 Å². The molecule has 3 heteroatoms. The highest BCUT2D eigenvalue weighted by Crippen LogP contribution is 2.40. The van der Waals surface area contributed by atoms with Gasteiger partial charge < -0.3 is 9.72 Å². The molecule has 1 heterocycles. The molecule has 0 atom stereocenters. The normalized spacial score (nSPS) is 14.8. The zero-order valence-electron chi connectivity index (χ0n) is 9.65. The van der Waals surface area contributed by atoms with Gasteiger partial charge in [-0.1, -0.05) is 6.07 Å². The van der Waals surface area contributed by atoms with Crippen molar-refractivity contribution in [3.8, 4) is 5.75 Å². The van der Waals surface area contributed by atoms with Crippen LogP contribution in [-0.2, 0) is 6.42 Å². The second kappa shape index (κ2) is 4.62. The number of hydrogen-bond donors (Lipinski definition) is 1. The molecule has 0 saturated heterocycles. The molecular weight excluding hydrogens is 212 g/mol. The molecule has 17 heavy (non-hydrogen) atoms. The monoisotopic (exact) mass is 227 g/mol. The van der Waals surface area contributed by atoms with Crippen molar-refractivity contribution in [2.45, 2.75) is 25.2 Å². The van der Waals surface area contributed by atoms with E-state index in [1.807, 2.05) is 18.3 Å². The van der Waals surface area contributed by atoms with Crippen LogP contribution >= 0.6 is 0 Å². The summed E-state index contributed by atoms with van der Waals surface area (Å²) in [5, 5.41) is 0. The molecule has 87 valence electrons. The fourth-order valence-corrected chi connectivity index (χ4v) is 1.88. The highest BCUT2D eigenvalue weighted by atomic mass is 16.5. The molecule has 0 bridgehead atoms. The minimum absolute atomic E-state index is 0.666. The molecule has 1 fully saturated rings. The molecule has 3 nitrogen and oxygen atoms in total. The third-order valence-electron chi connectivity index (χ3n) is 2.99. The van der Waals surface area contributed by atoms with Crippen molar-refractivity contribution in [2.75, 3.05) is 6.61 Å². The first-order valence-electron chi connectivity index (χ1n) is 6.04. The highest BCUT2D eigenvalue weighted by molar-refractivity contribution is 5.32. The van der Waals surface area contributed by atoms with Gasteiger partial charge in [0.1, 0.15) is 5.75 Å². The largest absolute Gasteiger partial charge is 0.493 e. The Morgan fingerprint density at radius 1 is 1.47 bits per heavy atom. The quantitative estimate of drug-likeness (QED) is 0.852. The highest BCUT2D eigenvalue weighted by Gasteiger charge is 2.23. The molecular formula is C14H15N2O. The van der Waals surface area contributed by atoms with Gasteiger partial charge in [0.2, 0.25) is 0 Å². The predicted molar refractivity (Wildman–Crippen MR) is 65.0 cm³/mol. The van der Waals surface area contributed by atoms with Gasteiger partial charge in [0.25, 0.3) is 0 Å². The smallest absolute Gasteiger partial charge is 0.119 e. The maximum atomic E-state index is 5.72. The van der Waals surface area contributed by atoms with Gasteiger partial charge in [-0.05, 0) is 42.5 Å². The Bertz CT molecular complexity index is 475. The van der Waals surface area contributed by atoms with Crippen LogP contribution in [0, 0.1) is 6.07 Å². The number of hydrogen-bond acceptors (Lipinski definition) is 2. The summed E-state index contributed by atoms with van der Waals surface area (Å²) in [6, 6.07) is 9.32. The van der Waals surface area contributed by atoms with E-state index in [0.717, 1.165) is 23.8 Å². The van der Waals surface area contributed by atoms with Crippen LogP contribution in [-0.4, -0.2) is 16.6 Å². The number of benzene rings is 1. The number of ether oxygens (including phenoxy) is 1. The number of imidazole rings is 1.